The van der Waals surface area contributed by atoms with E-state index in [0.29, 0.717) is 64.2 Å². The summed E-state index contributed by atoms with van der Waals surface area (Å²) in [5, 5.41) is 12.5. The largest absolute Gasteiger partial charge is 0.480 e. The summed E-state index contributed by atoms with van der Waals surface area (Å²) in [5.74, 6) is -1.10. The normalized spacial score (nSPS) is 12.2. The maximum absolute atomic E-state index is 12.2. The monoisotopic (exact) mass is 421 g/mol. The maximum atomic E-state index is 12.2. The predicted octanol–water partition coefficient (Wildman–Crippen LogP) is -0.321. The van der Waals surface area contributed by atoms with Gasteiger partial charge in [-0.3, -0.25) is 19.4 Å². The van der Waals surface area contributed by atoms with Crippen molar-refractivity contribution in [2.24, 2.45) is 11.5 Å². The second-order valence-corrected chi connectivity index (χ2v) is 7.20. The molecular weight excluding hydrogens is 386 g/mol. The van der Waals surface area contributed by atoms with Gasteiger partial charge in [-0.15, -0.1) is 0 Å². The highest BCUT2D eigenvalue weighted by molar-refractivity contribution is 5.94. The highest BCUT2D eigenvalue weighted by Gasteiger charge is 2.25. The number of amides is 1. The molecule has 9 heteroatoms. The van der Waals surface area contributed by atoms with Crippen molar-refractivity contribution in [3.63, 3.8) is 0 Å². The lowest BCUT2D eigenvalue weighted by atomic mass is 10.1. The summed E-state index contributed by atoms with van der Waals surface area (Å²) in [4.78, 5) is 38.5. The van der Waals surface area contributed by atoms with Gasteiger partial charge in [0.05, 0.1) is 6.54 Å². The molecule has 9 nitrogen and oxygen atoms in total. The lowest BCUT2D eigenvalue weighted by Gasteiger charge is -2.30. The summed E-state index contributed by atoms with van der Waals surface area (Å²) in [6.07, 6.45) is 1.72. The first-order valence-electron chi connectivity index (χ1n) is 10.3. The predicted molar refractivity (Wildman–Crippen MR) is 116 cm³/mol. The zero-order valence-electron chi connectivity index (χ0n) is 17.8. The van der Waals surface area contributed by atoms with Crippen LogP contribution in [0.3, 0.4) is 0 Å². The first kappa shape index (κ1) is 25.7. The molecule has 1 rings (SSSR count). The van der Waals surface area contributed by atoms with Crippen molar-refractivity contribution < 1.29 is 19.5 Å². The van der Waals surface area contributed by atoms with Crippen LogP contribution in [0, 0.1) is 6.92 Å². The van der Waals surface area contributed by atoms with Crippen molar-refractivity contribution in [3.05, 3.63) is 35.4 Å². The molecule has 0 heterocycles. The number of carboxylic acids is 1. The highest BCUT2D eigenvalue weighted by atomic mass is 16.4. The second-order valence-electron chi connectivity index (χ2n) is 7.20. The van der Waals surface area contributed by atoms with Crippen LogP contribution in [-0.4, -0.2) is 91.5 Å². The molecule has 30 heavy (non-hydrogen) atoms. The fourth-order valence-electron chi connectivity index (χ4n) is 3.21. The molecule has 0 saturated carbocycles. The van der Waals surface area contributed by atoms with Crippen LogP contribution >= 0.6 is 0 Å². The standard InChI is InChI=1S/C21H35N5O4/c1-17-4-6-18(7-5-17)20(28)24-10-2-3-19(21(29)30)26(12-9-23)14-13-25(11-8-22)15-16-27/h4-7,16,19H,2-3,8-15,22-23H2,1H3,(H,24,28)(H,29,30). The number of aryl methyl sites for hydroxylation is 1. The minimum absolute atomic E-state index is 0.174. The number of rotatable bonds is 16. The quantitative estimate of drug-likeness (QED) is 0.210. The molecule has 1 aromatic rings. The molecular formula is C21H35N5O4. The van der Waals surface area contributed by atoms with E-state index in [1.165, 1.54) is 0 Å². The average molecular weight is 422 g/mol. The van der Waals surface area contributed by atoms with Crippen molar-refractivity contribution in [2.45, 2.75) is 25.8 Å². The molecule has 1 amide bonds. The Hall–Kier alpha value is -2.33. The fourth-order valence-corrected chi connectivity index (χ4v) is 3.21. The molecule has 0 fully saturated rings. The number of aldehydes is 1. The van der Waals surface area contributed by atoms with Gasteiger partial charge in [-0.05, 0) is 31.9 Å². The summed E-state index contributed by atoms with van der Waals surface area (Å²) in [7, 11) is 0. The molecule has 0 aromatic heterocycles. The average Bonchev–Trinajstić information content (AvgIpc) is 2.71. The van der Waals surface area contributed by atoms with Crippen molar-refractivity contribution in [3.8, 4) is 0 Å². The Labute approximate surface area is 178 Å². The van der Waals surface area contributed by atoms with Crippen LogP contribution in [0.15, 0.2) is 24.3 Å². The molecule has 0 aliphatic heterocycles. The zero-order valence-corrected chi connectivity index (χ0v) is 17.8. The minimum Gasteiger partial charge on any atom is -0.480 e. The minimum atomic E-state index is -0.922. The van der Waals surface area contributed by atoms with Gasteiger partial charge < -0.3 is 26.7 Å². The molecule has 6 N–H and O–H groups in total. The molecule has 1 aromatic carbocycles. The number of hydrogen-bond donors (Lipinski definition) is 4. The van der Waals surface area contributed by atoms with Crippen molar-refractivity contribution in [1.29, 1.82) is 0 Å². The molecule has 1 atom stereocenters. The van der Waals surface area contributed by atoms with Crippen LogP contribution in [0.5, 0.6) is 0 Å². The fraction of sp³-hybridized carbons (Fsp3) is 0.571. The molecule has 0 spiro atoms. The second kappa shape index (κ2) is 14.6. The number of carbonyl (C=O) groups excluding carboxylic acids is 2. The molecule has 0 radical (unpaired) electrons. The van der Waals surface area contributed by atoms with Crippen LogP contribution < -0.4 is 16.8 Å². The molecule has 0 bridgehead atoms. The number of nitrogens with one attached hydrogen (secondary N) is 1. The topological polar surface area (TPSA) is 142 Å². The van der Waals surface area contributed by atoms with E-state index >= 15 is 0 Å². The Morgan fingerprint density at radius 2 is 1.77 bits per heavy atom. The molecule has 1 unspecified atom stereocenters. The number of nitrogens with two attached hydrogens (primary N) is 2. The molecule has 0 aliphatic rings. The number of hydrogen-bond acceptors (Lipinski definition) is 7. The van der Waals surface area contributed by atoms with Gasteiger partial charge in [0.2, 0.25) is 0 Å². The van der Waals surface area contributed by atoms with E-state index in [1.54, 1.807) is 12.1 Å². The third kappa shape index (κ3) is 9.45. The van der Waals surface area contributed by atoms with E-state index in [1.807, 2.05) is 28.9 Å². The van der Waals surface area contributed by atoms with Gasteiger partial charge in [-0.25, -0.2) is 0 Å². The number of aliphatic carboxylic acids is 1. The highest BCUT2D eigenvalue weighted by Crippen LogP contribution is 2.09. The van der Waals surface area contributed by atoms with Crippen LogP contribution in [0.2, 0.25) is 0 Å². The summed E-state index contributed by atoms with van der Waals surface area (Å²) in [6.45, 7) is 5.36. The Bertz CT molecular complexity index is 653. The third-order valence-corrected chi connectivity index (χ3v) is 4.88. The van der Waals surface area contributed by atoms with Gasteiger partial charge in [0.25, 0.3) is 5.91 Å². The summed E-state index contributed by atoms with van der Waals surface area (Å²) in [6, 6.07) is 6.57. The van der Waals surface area contributed by atoms with E-state index in [9.17, 15) is 19.5 Å². The van der Waals surface area contributed by atoms with Crippen LogP contribution in [0.4, 0.5) is 0 Å². The summed E-state index contributed by atoms with van der Waals surface area (Å²) in [5.41, 5.74) is 12.9. The van der Waals surface area contributed by atoms with E-state index in [-0.39, 0.29) is 12.5 Å². The molecule has 168 valence electrons. The van der Waals surface area contributed by atoms with Crippen molar-refractivity contribution in [1.82, 2.24) is 15.1 Å². The smallest absolute Gasteiger partial charge is 0.320 e. The Morgan fingerprint density at radius 1 is 1.10 bits per heavy atom. The summed E-state index contributed by atoms with van der Waals surface area (Å²) >= 11 is 0. The Balaban J connectivity index is 2.57. The van der Waals surface area contributed by atoms with Crippen LogP contribution in [0.1, 0.15) is 28.8 Å². The van der Waals surface area contributed by atoms with E-state index < -0.39 is 12.0 Å². The lowest BCUT2D eigenvalue weighted by Crippen LogP contribution is -2.48. The molecule has 0 aliphatic carbocycles. The van der Waals surface area contributed by atoms with Crippen LogP contribution in [-0.2, 0) is 9.59 Å². The van der Waals surface area contributed by atoms with Gasteiger partial charge in [0, 0.05) is 51.4 Å². The van der Waals surface area contributed by atoms with Gasteiger partial charge >= 0.3 is 5.97 Å². The van der Waals surface area contributed by atoms with Gasteiger partial charge in [-0.1, -0.05) is 17.7 Å². The molecule has 0 saturated heterocycles. The Kier molecular flexibility index (Phi) is 12.5. The Morgan fingerprint density at radius 3 is 2.33 bits per heavy atom. The zero-order chi connectivity index (χ0) is 22.4. The first-order chi connectivity index (χ1) is 14.4. The maximum Gasteiger partial charge on any atom is 0.320 e. The van der Waals surface area contributed by atoms with E-state index in [0.717, 1.165) is 11.8 Å². The first-order valence-corrected chi connectivity index (χ1v) is 10.3. The number of benzene rings is 1. The van der Waals surface area contributed by atoms with E-state index in [4.69, 9.17) is 11.5 Å². The van der Waals surface area contributed by atoms with E-state index in [2.05, 4.69) is 5.32 Å². The lowest BCUT2D eigenvalue weighted by molar-refractivity contribution is -0.143. The number of carbonyl (C=O) groups is 3. The SMILES string of the molecule is Cc1ccc(C(=O)NCCCC(C(=O)O)N(CCN)CCN(CC=O)CCN)cc1. The van der Waals surface area contributed by atoms with Crippen molar-refractivity contribution in [2.75, 3.05) is 52.4 Å². The number of carboxylic acid groups (broad SMARTS) is 1. The third-order valence-electron chi connectivity index (χ3n) is 4.88. The number of nitrogens with zero attached hydrogens (tertiary/aromatic N) is 2. The van der Waals surface area contributed by atoms with Crippen molar-refractivity contribution >= 4 is 18.2 Å². The summed E-state index contributed by atoms with van der Waals surface area (Å²) < 4.78 is 0. The van der Waals surface area contributed by atoms with Gasteiger partial charge in [0.1, 0.15) is 12.3 Å². The van der Waals surface area contributed by atoms with Crippen LogP contribution in [0.25, 0.3) is 0 Å². The van der Waals surface area contributed by atoms with Gasteiger partial charge in [-0.2, -0.15) is 0 Å². The van der Waals surface area contributed by atoms with Gasteiger partial charge in [0.15, 0.2) is 0 Å².